The van der Waals surface area contributed by atoms with Gasteiger partial charge in [-0.3, -0.25) is 4.79 Å². The van der Waals surface area contributed by atoms with Gasteiger partial charge < -0.3 is 15.4 Å². The summed E-state index contributed by atoms with van der Waals surface area (Å²) in [5, 5.41) is 8.60. The zero-order chi connectivity index (χ0) is 15.4. The largest absolute Gasteiger partial charge is 0.497 e. The summed E-state index contributed by atoms with van der Waals surface area (Å²) in [4.78, 5) is 12.1. The van der Waals surface area contributed by atoms with Gasteiger partial charge in [-0.05, 0) is 53.9 Å². The third-order valence-corrected chi connectivity index (χ3v) is 4.21. The molecule has 3 rings (SSSR count). The van der Waals surface area contributed by atoms with Gasteiger partial charge in [0.25, 0.3) is 0 Å². The van der Waals surface area contributed by atoms with E-state index in [0.717, 1.165) is 47.9 Å². The van der Waals surface area contributed by atoms with E-state index in [-0.39, 0.29) is 24.4 Å². The average Bonchev–Trinajstić information content (AvgIpc) is 2.59. The minimum Gasteiger partial charge on any atom is -0.497 e. The SMILES string of the molecule is COc1ccc2cc(CNC(=O)C3CCCCN3)ccc2c1.Cl. The molecular formula is C18H23ClN2O2. The molecule has 0 saturated carbocycles. The Morgan fingerprint density at radius 2 is 2.00 bits per heavy atom. The summed E-state index contributed by atoms with van der Waals surface area (Å²) in [6.45, 7) is 1.51. The molecule has 1 fully saturated rings. The maximum Gasteiger partial charge on any atom is 0.237 e. The fraction of sp³-hybridized carbons (Fsp3) is 0.389. The Balaban J connectivity index is 0.00000192. The molecule has 124 valence electrons. The fourth-order valence-corrected chi connectivity index (χ4v) is 2.90. The molecule has 2 aromatic rings. The Kier molecular flexibility index (Phi) is 6.25. The first-order valence-corrected chi connectivity index (χ1v) is 7.84. The summed E-state index contributed by atoms with van der Waals surface area (Å²) in [6, 6.07) is 12.2. The van der Waals surface area contributed by atoms with Crippen LogP contribution in [0.25, 0.3) is 10.8 Å². The number of halogens is 1. The number of fused-ring (bicyclic) bond motifs is 1. The highest BCUT2D eigenvalue weighted by atomic mass is 35.5. The Hall–Kier alpha value is -1.78. The van der Waals surface area contributed by atoms with Gasteiger partial charge in [-0.25, -0.2) is 0 Å². The lowest BCUT2D eigenvalue weighted by Gasteiger charge is -2.22. The standard InChI is InChI=1S/C18H22N2O2.ClH/c1-22-16-8-7-14-10-13(5-6-15(14)11-16)12-20-18(21)17-4-2-3-9-19-17;/h5-8,10-11,17,19H,2-4,9,12H2,1H3,(H,20,21);1H. The zero-order valence-electron chi connectivity index (χ0n) is 13.3. The molecule has 0 radical (unpaired) electrons. The van der Waals surface area contributed by atoms with Gasteiger partial charge in [-0.1, -0.05) is 24.6 Å². The van der Waals surface area contributed by atoms with E-state index in [9.17, 15) is 4.79 Å². The maximum atomic E-state index is 12.1. The first kappa shape index (κ1) is 17.6. The van der Waals surface area contributed by atoms with Crippen molar-refractivity contribution >= 4 is 29.1 Å². The molecule has 1 unspecified atom stereocenters. The topological polar surface area (TPSA) is 50.4 Å². The van der Waals surface area contributed by atoms with Crippen molar-refractivity contribution in [3.05, 3.63) is 42.0 Å². The molecule has 0 aromatic heterocycles. The number of carbonyl (C=O) groups excluding carboxylic acids is 1. The molecule has 4 nitrogen and oxygen atoms in total. The molecule has 1 atom stereocenters. The van der Waals surface area contributed by atoms with Gasteiger partial charge in [0.15, 0.2) is 0 Å². The predicted octanol–water partition coefficient (Wildman–Crippen LogP) is 3.03. The lowest BCUT2D eigenvalue weighted by Crippen LogP contribution is -2.46. The number of piperidine rings is 1. The van der Waals surface area contributed by atoms with Crippen LogP contribution in [0.1, 0.15) is 24.8 Å². The van der Waals surface area contributed by atoms with Gasteiger partial charge in [-0.2, -0.15) is 0 Å². The van der Waals surface area contributed by atoms with Crippen LogP contribution in [0.4, 0.5) is 0 Å². The quantitative estimate of drug-likeness (QED) is 0.903. The highest BCUT2D eigenvalue weighted by molar-refractivity contribution is 5.85. The highest BCUT2D eigenvalue weighted by Crippen LogP contribution is 2.21. The Labute approximate surface area is 143 Å². The molecule has 2 N–H and O–H groups in total. The van der Waals surface area contributed by atoms with E-state index in [1.807, 2.05) is 18.2 Å². The van der Waals surface area contributed by atoms with Crippen LogP contribution in [0.15, 0.2) is 36.4 Å². The molecule has 0 spiro atoms. The summed E-state index contributed by atoms with van der Waals surface area (Å²) in [6.07, 6.45) is 3.23. The van der Waals surface area contributed by atoms with Gasteiger partial charge in [-0.15, -0.1) is 12.4 Å². The fourth-order valence-electron chi connectivity index (χ4n) is 2.90. The molecule has 1 amide bonds. The molecule has 5 heteroatoms. The number of hydrogen-bond donors (Lipinski definition) is 2. The normalized spacial score (nSPS) is 17.3. The molecule has 0 bridgehead atoms. The predicted molar refractivity (Wildman–Crippen MR) is 95.2 cm³/mol. The first-order valence-electron chi connectivity index (χ1n) is 7.84. The second-order valence-electron chi connectivity index (χ2n) is 5.77. The summed E-state index contributed by atoms with van der Waals surface area (Å²) >= 11 is 0. The number of carbonyl (C=O) groups is 1. The van der Waals surface area contributed by atoms with Gasteiger partial charge in [0.2, 0.25) is 5.91 Å². The van der Waals surface area contributed by atoms with Crippen molar-refractivity contribution < 1.29 is 9.53 Å². The van der Waals surface area contributed by atoms with Crippen LogP contribution >= 0.6 is 12.4 Å². The van der Waals surface area contributed by atoms with E-state index in [0.29, 0.717) is 6.54 Å². The Bertz CT molecular complexity index is 669. The molecule has 2 aromatic carbocycles. The molecular weight excluding hydrogens is 312 g/mol. The van der Waals surface area contributed by atoms with E-state index in [4.69, 9.17) is 4.74 Å². The van der Waals surface area contributed by atoms with E-state index in [1.54, 1.807) is 7.11 Å². The van der Waals surface area contributed by atoms with Crippen molar-refractivity contribution in [1.82, 2.24) is 10.6 Å². The maximum absolute atomic E-state index is 12.1. The van der Waals surface area contributed by atoms with Crippen LogP contribution in [0, 0.1) is 0 Å². The van der Waals surface area contributed by atoms with Crippen molar-refractivity contribution in [2.75, 3.05) is 13.7 Å². The number of amides is 1. The zero-order valence-corrected chi connectivity index (χ0v) is 14.1. The molecule has 1 saturated heterocycles. The number of methoxy groups -OCH3 is 1. The van der Waals surface area contributed by atoms with E-state index < -0.39 is 0 Å². The molecule has 1 aliphatic heterocycles. The van der Waals surface area contributed by atoms with Crippen LogP contribution < -0.4 is 15.4 Å². The molecule has 1 aliphatic rings. The number of rotatable bonds is 4. The second-order valence-corrected chi connectivity index (χ2v) is 5.77. The summed E-state index contributed by atoms with van der Waals surface area (Å²) in [7, 11) is 1.67. The van der Waals surface area contributed by atoms with E-state index >= 15 is 0 Å². The van der Waals surface area contributed by atoms with E-state index in [1.165, 1.54) is 0 Å². The lowest BCUT2D eigenvalue weighted by atomic mass is 10.0. The van der Waals surface area contributed by atoms with Crippen LogP contribution in [-0.2, 0) is 11.3 Å². The number of ether oxygens (including phenoxy) is 1. The second kappa shape index (κ2) is 8.18. The summed E-state index contributed by atoms with van der Waals surface area (Å²) < 4.78 is 5.23. The molecule has 0 aliphatic carbocycles. The van der Waals surface area contributed by atoms with Crippen LogP contribution in [0.2, 0.25) is 0 Å². The van der Waals surface area contributed by atoms with Crippen LogP contribution in [0.3, 0.4) is 0 Å². The third kappa shape index (κ3) is 4.36. The Morgan fingerprint density at radius 3 is 2.74 bits per heavy atom. The number of hydrogen-bond acceptors (Lipinski definition) is 3. The smallest absolute Gasteiger partial charge is 0.237 e. The van der Waals surface area contributed by atoms with Crippen molar-refractivity contribution in [2.45, 2.75) is 31.8 Å². The van der Waals surface area contributed by atoms with Crippen molar-refractivity contribution in [3.8, 4) is 5.75 Å². The highest BCUT2D eigenvalue weighted by Gasteiger charge is 2.19. The number of nitrogens with one attached hydrogen (secondary N) is 2. The number of benzene rings is 2. The van der Waals surface area contributed by atoms with Crippen molar-refractivity contribution in [3.63, 3.8) is 0 Å². The molecule has 23 heavy (non-hydrogen) atoms. The minimum atomic E-state index is -0.0292. The lowest BCUT2D eigenvalue weighted by molar-refractivity contribution is -0.123. The van der Waals surface area contributed by atoms with Crippen LogP contribution in [-0.4, -0.2) is 25.6 Å². The van der Waals surface area contributed by atoms with Gasteiger partial charge in [0.1, 0.15) is 5.75 Å². The Morgan fingerprint density at radius 1 is 1.22 bits per heavy atom. The minimum absolute atomic E-state index is 0. The van der Waals surface area contributed by atoms with E-state index in [2.05, 4.69) is 28.8 Å². The van der Waals surface area contributed by atoms with Crippen LogP contribution in [0.5, 0.6) is 5.75 Å². The summed E-state index contributed by atoms with van der Waals surface area (Å²) in [5.74, 6) is 0.964. The van der Waals surface area contributed by atoms with Gasteiger partial charge in [0.05, 0.1) is 13.2 Å². The van der Waals surface area contributed by atoms with Gasteiger partial charge in [0, 0.05) is 6.54 Å². The third-order valence-electron chi connectivity index (χ3n) is 4.21. The van der Waals surface area contributed by atoms with Gasteiger partial charge >= 0.3 is 0 Å². The average molecular weight is 335 g/mol. The summed E-state index contributed by atoms with van der Waals surface area (Å²) in [5.41, 5.74) is 1.11. The monoisotopic (exact) mass is 334 g/mol. The van der Waals surface area contributed by atoms with Crippen molar-refractivity contribution in [1.29, 1.82) is 0 Å². The first-order chi connectivity index (χ1) is 10.8. The van der Waals surface area contributed by atoms with Crippen molar-refractivity contribution in [2.24, 2.45) is 0 Å². The molecule has 1 heterocycles.